The largest absolute Gasteiger partial charge is 0.478 e. The highest BCUT2D eigenvalue weighted by molar-refractivity contribution is 6.30. The van der Waals surface area contributed by atoms with Gasteiger partial charge in [-0.2, -0.15) is 0 Å². The van der Waals surface area contributed by atoms with Crippen molar-refractivity contribution in [2.75, 3.05) is 13.1 Å². The van der Waals surface area contributed by atoms with E-state index in [0.29, 0.717) is 11.4 Å². The summed E-state index contributed by atoms with van der Waals surface area (Å²) in [6, 6.07) is 7.58. The fourth-order valence-corrected chi connectivity index (χ4v) is 3.22. The van der Waals surface area contributed by atoms with Crippen molar-refractivity contribution < 1.29 is 14.7 Å². The topological polar surface area (TPSA) is 57.6 Å². The Kier molecular flexibility index (Phi) is 6.85. The van der Waals surface area contributed by atoms with Gasteiger partial charge in [0.05, 0.1) is 5.92 Å². The number of likely N-dealkylation sites (tertiary alicyclic amines) is 1. The summed E-state index contributed by atoms with van der Waals surface area (Å²) in [6.07, 6.45) is 5.13. The third kappa shape index (κ3) is 5.10. The maximum Gasteiger partial charge on any atom is 0.331 e. The minimum Gasteiger partial charge on any atom is -0.478 e. The van der Waals surface area contributed by atoms with Crippen molar-refractivity contribution in [3.63, 3.8) is 0 Å². The van der Waals surface area contributed by atoms with E-state index in [1.807, 2.05) is 24.3 Å². The zero-order chi connectivity index (χ0) is 17.5. The Bertz CT molecular complexity index is 591. The summed E-state index contributed by atoms with van der Waals surface area (Å²) in [6.45, 7) is 5.09. The fraction of sp³-hybridized carbons (Fsp3) is 0.474. The monoisotopic (exact) mass is 349 g/mol. The minimum atomic E-state index is -1.09. The van der Waals surface area contributed by atoms with Gasteiger partial charge in [0.1, 0.15) is 0 Å². The van der Waals surface area contributed by atoms with Crippen molar-refractivity contribution in [2.45, 2.75) is 38.5 Å². The first-order valence-electron chi connectivity index (χ1n) is 8.44. The van der Waals surface area contributed by atoms with Crippen molar-refractivity contribution in [3.05, 3.63) is 47.0 Å². The molecule has 1 aromatic rings. The number of benzene rings is 1. The molecule has 1 unspecified atom stereocenters. The van der Waals surface area contributed by atoms with Gasteiger partial charge in [-0.05, 0) is 56.2 Å². The van der Waals surface area contributed by atoms with E-state index in [0.717, 1.165) is 50.8 Å². The summed E-state index contributed by atoms with van der Waals surface area (Å²) in [7, 11) is 0. The van der Waals surface area contributed by atoms with Gasteiger partial charge >= 0.3 is 5.97 Å². The number of rotatable bonds is 7. The highest BCUT2D eigenvalue weighted by atomic mass is 35.5. The second-order valence-corrected chi connectivity index (χ2v) is 6.72. The second-order valence-electron chi connectivity index (χ2n) is 6.29. The van der Waals surface area contributed by atoms with Crippen molar-refractivity contribution >= 4 is 23.5 Å². The lowest BCUT2D eigenvalue weighted by Gasteiger charge is -2.30. The van der Waals surface area contributed by atoms with Crippen LogP contribution in [-0.2, 0) is 16.0 Å². The molecule has 0 spiro atoms. The second kappa shape index (κ2) is 8.88. The Morgan fingerprint density at radius 1 is 1.17 bits per heavy atom. The summed E-state index contributed by atoms with van der Waals surface area (Å²) in [4.78, 5) is 25.8. The number of piperidine rings is 1. The number of carbonyl (C=O) groups is 2. The number of nitrogens with zero attached hydrogens (tertiary/aromatic N) is 1. The zero-order valence-corrected chi connectivity index (χ0v) is 14.6. The molecular formula is C19H24ClNO3. The molecule has 24 heavy (non-hydrogen) atoms. The number of hydrogen-bond donors (Lipinski definition) is 1. The first-order chi connectivity index (χ1) is 11.5. The molecule has 0 aliphatic carbocycles. The number of carboxylic acids is 1. The van der Waals surface area contributed by atoms with Crippen LogP contribution in [0.4, 0.5) is 0 Å². The fourth-order valence-electron chi connectivity index (χ4n) is 3.09. The summed E-state index contributed by atoms with van der Waals surface area (Å²) < 4.78 is 0. The SMILES string of the molecule is C=C(C(=O)O)C(CCCc1ccc(Cl)cc1)C(=O)N1CCCCC1. The van der Waals surface area contributed by atoms with Gasteiger partial charge in [-0.25, -0.2) is 4.79 Å². The van der Waals surface area contributed by atoms with Gasteiger partial charge in [0.15, 0.2) is 0 Å². The number of carboxylic acid groups (broad SMARTS) is 1. The lowest BCUT2D eigenvalue weighted by atomic mass is 9.91. The van der Waals surface area contributed by atoms with Gasteiger partial charge in [0.25, 0.3) is 0 Å². The maximum absolute atomic E-state index is 12.7. The van der Waals surface area contributed by atoms with Crippen LogP contribution in [0.5, 0.6) is 0 Å². The molecule has 4 nitrogen and oxygen atoms in total. The predicted octanol–water partition coefficient (Wildman–Crippen LogP) is 3.93. The van der Waals surface area contributed by atoms with Crippen LogP contribution in [0.25, 0.3) is 0 Å². The van der Waals surface area contributed by atoms with Crippen LogP contribution in [0.1, 0.15) is 37.7 Å². The van der Waals surface area contributed by atoms with Crippen molar-refractivity contribution in [1.29, 1.82) is 0 Å². The van der Waals surface area contributed by atoms with Crippen LogP contribution in [0, 0.1) is 5.92 Å². The molecule has 1 aromatic carbocycles. The van der Waals surface area contributed by atoms with E-state index in [-0.39, 0.29) is 11.5 Å². The van der Waals surface area contributed by atoms with Crippen molar-refractivity contribution in [3.8, 4) is 0 Å². The molecule has 130 valence electrons. The quantitative estimate of drug-likeness (QED) is 0.759. The van der Waals surface area contributed by atoms with Crippen LogP contribution < -0.4 is 0 Å². The average molecular weight is 350 g/mol. The highest BCUT2D eigenvalue weighted by Gasteiger charge is 2.30. The van der Waals surface area contributed by atoms with Crippen LogP contribution in [0.3, 0.4) is 0 Å². The van der Waals surface area contributed by atoms with Gasteiger partial charge in [-0.1, -0.05) is 30.3 Å². The van der Waals surface area contributed by atoms with E-state index in [9.17, 15) is 14.7 Å². The number of aryl methyl sites for hydroxylation is 1. The molecule has 0 bridgehead atoms. The van der Waals surface area contributed by atoms with E-state index in [4.69, 9.17) is 11.6 Å². The molecule has 1 N–H and O–H groups in total. The Labute approximate surface area is 148 Å². The highest BCUT2D eigenvalue weighted by Crippen LogP contribution is 2.23. The molecule has 0 radical (unpaired) electrons. The molecule has 1 amide bonds. The molecule has 1 aliphatic rings. The smallest absolute Gasteiger partial charge is 0.331 e. The van der Waals surface area contributed by atoms with E-state index >= 15 is 0 Å². The molecule has 1 fully saturated rings. The third-order valence-corrected chi connectivity index (χ3v) is 4.78. The molecule has 0 aromatic heterocycles. The lowest BCUT2D eigenvalue weighted by molar-refractivity contribution is -0.140. The van der Waals surface area contributed by atoms with Crippen LogP contribution >= 0.6 is 11.6 Å². The Morgan fingerprint density at radius 3 is 2.38 bits per heavy atom. The van der Waals surface area contributed by atoms with E-state index in [1.54, 1.807) is 4.90 Å². The molecule has 5 heteroatoms. The summed E-state index contributed by atoms with van der Waals surface area (Å²) in [5.74, 6) is -1.80. The van der Waals surface area contributed by atoms with Gasteiger partial charge in [-0.3, -0.25) is 4.79 Å². The van der Waals surface area contributed by atoms with E-state index in [1.165, 1.54) is 0 Å². The Morgan fingerprint density at radius 2 is 1.79 bits per heavy atom. The van der Waals surface area contributed by atoms with Crippen LogP contribution in [-0.4, -0.2) is 35.0 Å². The molecule has 1 heterocycles. The normalized spacial score (nSPS) is 15.8. The Balaban J connectivity index is 1.97. The average Bonchev–Trinajstić information content (AvgIpc) is 2.60. The number of halogens is 1. The van der Waals surface area contributed by atoms with Gasteiger partial charge in [-0.15, -0.1) is 0 Å². The number of carbonyl (C=O) groups excluding carboxylic acids is 1. The molecule has 1 saturated heterocycles. The first kappa shape index (κ1) is 18.5. The molecule has 0 saturated carbocycles. The van der Waals surface area contributed by atoms with Gasteiger partial charge < -0.3 is 10.0 Å². The summed E-state index contributed by atoms with van der Waals surface area (Å²) in [5.41, 5.74) is 1.13. The maximum atomic E-state index is 12.7. The predicted molar refractivity (Wildman–Crippen MR) is 95.1 cm³/mol. The molecule has 1 atom stereocenters. The minimum absolute atomic E-state index is 0.00156. The standard InChI is InChI=1S/C19H24ClNO3/c1-14(19(23)24)17(18(22)21-12-3-2-4-13-21)7-5-6-15-8-10-16(20)11-9-15/h8-11,17H,1-7,12-13H2,(H,23,24). The molecular weight excluding hydrogens is 326 g/mol. The lowest BCUT2D eigenvalue weighted by Crippen LogP contribution is -2.41. The third-order valence-electron chi connectivity index (χ3n) is 4.53. The van der Waals surface area contributed by atoms with E-state index in [2.05, 4.69) is 6.58 Å². The Hall–Kier alpha value is -1.81. The van der Waals surface area contributed by atoms with Crippen LogP contribution in [0.2, 0.25) is 5.02 Å². The van der Waals surface area contributed by atoms with Crippen molar-refractivity contribution in [2.24, 2.45) is 5.92 Å². The van der Waals surface area contributed by atoms with E-state index < -0.39 is 11.9 Å². The van der Waals surface area contributed by atoms with Gasteiger partial charge in [0.2, 0.25) is 5.91 Å². The number of amides is 1. The number of aliphatic carboxylic acids is 1. The molecule has 1 aliphatic heterocycles. The van der Waals surface area contributed by atoms with Crippen molar-refractivity contribution in [1.82, 2.24) is 4.90 Å². The number of hydrogen-bond acceptors (Lipinski definition) is 2. The molecule has 2 rings (SSSR count). The zero-order valence-electron chi connectivity index (χ0n) is 13.8. The van der Waals surface area contributed by atoms with Gasteiger partial charge in [0, 0.05) is 23.7 Å². The summed E-state index contributed by atoms with van der Waals surface area (Å²) in [5, 5.41) is 9.95. The first-order valence-corrected chi connectivity index (χ1v) is 8.82. The summed E-state index contributed by atoms with van der Waals surface area (Å²) >= 11 is 5.87. The van der Waals surface area contributed by atoms with Crippen LogP contribution in [0.15, 0.2) is 36.4 Å².